The van der Waals surface area contributed by atoms with Crippen molar-refractivity contribution in [3.63, 3.8) is 0 Å². The minimum Gasteiger partial charge on any atom is -0.360 e. The number of benzene rings is 1. The SMILES string of the molecule is Cn1cncc1-c1ccc(F)c2c(C(=O)C(=O)Cl)c[nH]c12. The van der Waals surface area contributed by atoms with Crippen LogP contribution in [0.5, 0.6) is 0 Å². The number of rotatable bonds is 3. The van der Waals surface area contributed by atoms with Gasteiger partial charge < -0.3 is 9.55 Å². The predicted octanol–water partition coefficient (Wildman–Crippen LogP) is 2.66. The molecular weight excluding hydrogens is 297 g/mol. The van der Waals surface area contributed by atoms with Crippen molar-refractivity contribution >= 4 is 33.5 Å². The fourth-order valence-corrected chi connectivity index (χ4v) is 2.42. The fourth-order valence-electron chi connectivity index (χ4n) is 2.32. The number of ketones is 1. The highest BCUT2D eigenvalue weighted by Crippen LogP contribution is 2.31. The molecule has 0 saturated carbocycles. The van der Waals surface area contributed by atoms with E-state index in [0.29, 0.717) is 11.1 Å². The smallest absolute Gasteiger partial charge is 0.293 e. The summed E-state index contributed by atoms with van der Waals surface area (Å²) in [6, 6.07) is 2.83. The van der Waals surface area contributed by atoms with Crippen LogP contribution >= 0.6 is 11.6 Å². The maximum atomic E-state index is 14.1. The third-order valence-corrected chi connectivity index (χ3v) is 3.47. The van der Waals surface area contributed by atoms with Crippen molar-refractivity contribution in [3.8, 4) is 11.3 Å². The van der Waals surface area contributed by atoms with Crippen molar-refractivity contribution in [2.45, 2.75) is 0 Å². The van der Waals surface area contributed by atoms with Crippen molar-refractivity contribution in [1.29, 1.82) is 0 Å². The third kappa shape index (κ3) is 2.04. The number of aromatic nitrogens is 3. The first-order valence-electron chi connectivity index (χ1n) is 6.01. The molecule has 2 aromatic heterocycles. The summed E-state index contributed by atoms with van der Waals surface area (Å²) >= 11 is 5.20. The Kier molecular flexibility index (Phi) is 3.10. The first-order chi connectivity index (χ1) is 10.0. The topological polar surface area (TPSA) is 67.8 Å². The van der Waals surface area contributed by atoms with E-state index in [-0.39, 0.29) is 10.9 Å². The number of nitrogens with one attached hydrogen (secondary N) is 1. The van der Waals surface area contributed by atoms with Crippen molar-refractivity contribution in [2.24, 2.45) is 7.05 Å². The van der Waals surface area contributed by atoms with Crippen LogP contribution in [-0.4, -0.2) is 25.6 Å². The number of imidazole rings is 1. The molecule has 0 amide bonds. The molecule has 1 aromatic carbocycles. The number of carbonyl (C=O) groups excluding carboxylic acids is 2. The predicted molar refractivity (Wildman–Crippen MR) is 75.6 cm³/mol. The molecule has 5 nitrogen and oxygen atoms in total. The standard InChI is InChI=1S/C14H9ClFN3O2/c1-19-6-17-5-10(19)7-2-3-9(16)11-8(4-18-12(7)11)13(20)14(15)21/h2-6,18H,1H3. The molecular formula is C14H9ClFN3O2. The summed E-state index contributed by atoms with van der Waals surface area (Å²) in [5, 5.41) is -1.10. The van der Waals surface area contributed by atoms with Crippen molar-refractivity contribution in [1.82, 2.24) is 14.5 Å². The Morgan fingerprint density at radius 1 is 1.38 bits per heavy atom. The normalized spacial score (nSPS) is 11.0. The Morgan fingerprint density at radius 2 is 2.14 bits per heavy atom. The summed E-state index contributed by atoms with van der Waals surface area (Å²) in [7, 11) is 1.80. The van der Waals surface area contributed by atoms with Gasteiger partial charge >= 0.3 is 0 Å². The van der Waals surface area contributed by atoms with Crippen LogP contribution < -0.4 is 0 Å². The van der Waals surface area contributed by atoms with Crippen LogP contribution in [0.2, 0.25) is 0 Å². The molecule has 0 saturated heterocycles. The molecule has 0 aliphatic carbocycles. The third-order valence-electron chi connectivity index (χ3n) is 3.30. The molecule has 0 bridgehead atoms. The van der Waals surface area contributed by atoms with Gasteiger partial charge in [-0.2, -0.15) is 0 Å². The highest BCUT2D eigenvalue weighted by Gasteiger charge is 2.22. The van der Waals surface area contributed by atoms with Crippen LogP contribution in [0.1, 0.15) is 10.4 Å². The molecule has 0 fully saturated rings. The van der Waals surface area contributed by atoms with Crippen molar-refractivity contribution < 1.29 is 14.0 Å². The molecule has 0 unspecified atom stereocenters. The number of aromatic amines is 1. The Labute approximate surface area is 123 Å². The Hall–Kier alpha value is -2.47. The van der Waals surface area contributed by atoms with E-state index < -0.39 is 16.8 Å². The van der Waals surface area contributed by atoms with Crippen molar-refractivity contribution in [2.75, 3.05) is 0 Å². The van der Waals surface area contributed by atoms with Gasteiger partial charge in [-0.05, 0) is 23.7 Å². The lowest BCUT2D eigenvalue weighted by Crippen LogP contribution is -2.06. The van der Waals surface area contributed by atoms with E-state index in [1.807, 2.05) is 0 Å². The number of Topliss-reactive ketones (excluding diaryl/α,β-unsaturated/α-hetero) is 1. The van der Waals surface area contributed by atoms with E-state index in [0.717, 1.165) is 5.69 Å². The highest BCUT2D eigenvalue weighted by atomic mass is 35.5. The number of H-pyrrole nitrogens is 1. The zero-order valence-corrected chi connectivity index (χ0v) is 11.6. The number of hydrogen-bond acceptors (Lipinski definition) is 3. The molecule has 0 spiro atoms. The molecule has 7 heteroatoms. The number of nitrogens with zero attached hydrogens (tertiary/aromatic N) is 2. The molecule has 0 radical (unpaired) electrons. The second-order valence-electron chi connectivity index (χ2n) is 4.54. The summed E-state index contributed by atoms with van der Waals surface area (Å²) in [6.45, 7) is 0. The van der Waals surface area contributed by atoms with Gasteiger partial charge in [0, 0.05) is 24.2 Å². The first-order valence-corrected chi connectivity index (χ1v) is 6.39. The van der Waals surface area contributed by atoms with Crippen LogP contribution in [0.15, 0.2) is 30.9 Å². The minimum absolute atomic E-state index is 0.0488. The van der Waals surface area contributed by atoms with Crippen LogP contribution in [0.25, 0.3) is 22.2 Å². The van der Waals surface area contributed by atoms with Gasteiger partial charge in [0.25, 0.3) is 5.24 Å². The summed E-state index contributed by atoms with van der Waals surface area (Å²) < 4.78 is 15.8. The Morgan fingerprint density at radius 3 is 2.76 bits per heavy atom. The Bertz CT molecular complexity index is 882. The lowest BCUT2D eigenvalue weighted by molar-refractivity contribution is -0.108. The summed E-state index contributed by atoms with van der Waals surface area (Å²) in [5.74, 6) is -1.54. The van der Waals surface area contributed by atoms with Crippen LogP contribution in [0.4, 0.5) is 4.39 Å². The summed E-state index contributed by atoms with van der Waals surface area (Å²) in [6.07, 6.45) is 4.53. The van der Waals surface area contributed by atoms with Gasteiger partial charge in [0.1, 0.15) is 5.82 Å². The molecule has 3 aromatic rings. The molecule has 0 atom stereocenters. The zero-order chi connectivity index (χ0) is 15.1. The molecule has 0 aliphatic rings. The van der Waals surface area contributed by atoms with E-state index >= 15 is 0 Å². The number of hydrogen-bond donors (Lipinski definition) is 1. The van der Waals surface area contributed by atoms with Gasteiger partial charge in [-0.25, -0.2) is 9.37 Å². The quantitative estimate of drug-likeness (QED) is 0.459. The lowest BCUT2D eigenvalue weighted by atomic mass is 10.0. The van der Waals surface area contributed by atoms with Gasteiger partial charge in [0.15, 0.2) is 0 Å². The number of aryl methyl sites for hydroxylation is 1. The second kappa shape index (κ2) is 4.82. The van der Waals surface area contributed by atoms with Crippen LogP contribution in [-0.2, 0) is 11.8 Å². The molecule has 21 heavy (non-hydrogen) atoms. The zero-order valence-electron chi connectivity index (χ0n) is 10.9. The van der Waals surface area contributed by atoms with E-state index in [9.17, 15) is 14.0 Å². The van der Waals surface area contributed by atoms with E-state index in [4.69, 9.17) is 11.6 Å². The van der Waals surface area contributed by atoms with E-state index in [1.165, 1.54) is 12.3 Å². The minimum atomic E-state index is -1.15. The molecule has 3 rings (SSSR count). The van der Waals surface area contributed by atoms with Crippen LogP contribution in [0.3, 0.4) is 0 Å². The number of halogens is 2. The average Bonchev–Trinajstić information content (AvgIpc) is 3.05. The maximum Gasteiger partial charge on any atom is 0.293 e. The monoisotopic (exact) mass is 305 g/mol. The molecule has 1 N–H and O–H groups in total. The van der Waals surface area contributed by atoms with E-state index in [1.54, 1.807) is 30.2 Å². The fraction of sp³-hybridized carbons (Fsp3) is 0.0714. The summed E-state index contributed by atoms with van der Waals surface area (Å²) in [5.41, 5.74) is 1.76. The van der Waals surface area contributed by atoms with Gasteiger partial charge in [0.05, 0.1) is 29.3 Å². The number of carbonyl (C=O) groups is 2. The van der Waals surface area contributed by atoms with Gasteiger partial charge in [-0.1, -0.05) is 0 Å². The van der Waals surface area contributed by atoms with Gasteiger partial charge in [0.2, 0.25) is 5.78 Å². The number of fused-ring (bicyclic) bond motifs is 1. The molecule has 0 aliphatic heterocycles. The van der Waals surface area contributed by atoms with E-state index in [2.05, 4.69) is 9.97 Å². The first kappa shape index (κ1) is 13.5. The Balaban J connectivity index is 2.32. The lowest BCUT2D eigenvalue weighted by Gasteiger charge is -2.05. The highest BCUT2D eigenvalue weighted by molar-refractivity contribution is 6.83. The maximum absolute atomic E-state index is 14.1. The second-order valence-corrected chi connectivity index (χ2v) is 4.88. The molecule has 106 valence electrons. The average molecular weight is 306 g/mol. The van der Waals surface area contributed by atoms with Gasteiger partial charge in [-0.15, -0.1) is 0 Å². The van der Waals surface area contributed by atoms with Crippen LogP contribution in [0, 0.1) is 5.82 Å². The largest absolute Gasteiger partial charge is 0.360 e. The van der Waals surface area contributed by atoms with Gasteiger partial charge in [-0.3, -0.25) is 9.59 Å². The van der Waals surface area contributed by atoms with Crippen molar-refractivity contribution in [3.05, 3.63) is 42.2 Å². The molecule has 2 heterocycles. The summed E-state index contributed by atoms with van der Waals surface area (Å²) in [4.78, 5) is 29.6.